The average Bonchev–Trinajstić information content (AvgIpc) is 3.15. The molecule has 1 fully saturated rings. The maximum Gasteiger partial charge on any atom is 0.226 e. The van der Waals surface area contributed by atoms with E-state index in [9.17, 15) is 5.26 Å². The van der Waals surface area contributed by atoms with Gasteiger partial charge in [-0.05, 0) is 25.0 Å². The highest BCUT2D eigenvalue weighted by Gasteiger charge is 2.32. The largest absolute Gasteiger partial charge is 0.345 e. The monoisotopic (exact) mass is 269 g/mol. The zero-order valence-corrected chi connectivity index (χ0v) is 11.3. The second kappa shape index (κ2) is 5.29. The van der Waals surface area contributed by atoms with E-state index in [2.05, 4.69) is 26.1 Å². The molecule has 0 amide bonds. The number of hydrogen-bond acceptors (Lipinski definition) is 6. The van der Waals surface area contributed by atoms with E-state index in [0.29, 0.717) is 23.1 Å². The highest BCUT2D eigenvalue weighted by molar-refractivity contribution is 5.55. The number of rotatable bonds is 3. The molecule has 2 aromatic rings. The predicted molar refractivity (Wildman–Crippen MR) is 71.9 cm³/mol. The Morgan fingerprint density at radius 1 is 1.55 bits per heavy atom. The Bertz CT molecular complexity index is 645. The zero-order valence-electron chi connectivity index (χ0n) is 11.3. The first-order valence-electron chi connectivity index (χ1n) is 6.77. The van der Waals surface area contributed by atoms with E-state index in [1.807, 2.05) is 6.92 Å². The van der Waals surface area contributed by atoms with E-state index in [1.165, 1.54) is 0 Å². The molecule has 0 spiro atoms. The summed E-state index contributed by atoms with van der Waals surface area (Å²) in [6.07, 6.45) is 4.41. The standard InChI is InChI=1S/C14H15N5O/c1-2-12-17-13(18-20-12)11-6-4-8-19(11)14-10(9-15)5-3-7-16-14/h3,5,7,11H,2,4,6,8H2,1H3/t11-/m0/s1. The topological polar surface area (TPSA) is 78.8 Å². The van der Waals surface area contributed by atoms with E-state index in [4.69, 9.17) is 4.52 Å². The van der Waals surface area contributed by atoms with Gasteiger partial charge in [-0.3, -0.25) is 0 Å². The zero-order chi connectivity index (χ0) is 13.9. The highest BCUT2D eigenvalue weighted by atomic mass is 16.5. The van der Waals surface area contributed by atoms with Gasteiger partial charge in [0.2, 0.25) is 5.89 Å². The lowest BCUT2D eigenvalue weighted by Crippen LogP contribution is -2.25. The number of aromatic nitrogens is 3. The number of anilines is 1. The van der Waals surface area contributed by atoms with Crippen molar-refractivity contribution in [2.24, 2.45) is 0 Å². The minimum Gasteiger partial charge on any atom is -0.345 e. The maximum absolute atomic E-state index is 9.21. The molecule has 1 aliphatic heterocycles. The van der Waals surface area contributed by atoms with Crippen molar-refractivity contribution in [1.82, 2.24) is 15.1 Å². The van der Waals surface area contributed by atoms with Crippen molar-refractivity contribution in [3.63, 3.8) is 0 Å². The van der Waals surface area contributed by atoms with Gasteiger partial charge in [-0.1, -0.05) is 12.1 Å². The lowest BCUT2D eigenvalue weighted by atomic mass is 10.2. The van der Waals surface area contributed by atoms with Gasteiger partial charge in [0.25, 0.3) is 0 Å². The van der Waals surface area contributed by atoms with Crippen LogP contribution in [0.3, 0.4) is 0 Å². The molecule has 0 aliphatic carbocycles. The van der Waals surface area contributed by atoms with Crippen LogP contribution < -0.4 is 4.90 Å². The first kappa shape index (κ1) is 12.6. The minimum atomic E-state index is 0.0426. The van der Waals surface area contributed by atoms with E-state index in [1.54, 1.807) is 18.3 Å². The average molecular weight is 269 g/mol. The molecular weight excluding hydrogens is 254 g/mol. The molecule has 6 heteroatoms. The quantitative estimate of drug-likeness (QED) is 0.850. The summed E-state index contributed by atoms with van der Waals surface area (Å²) in [7, 11) is 0. The number of hydrogen-bond donors (Lipinski definition) is 0. The highest BCUT2D eigenvalue weighted by Crippen LogP contribution is 2.35. The smallest absolute Gasteiger partial charge is 0.226 e. The van der Waals surface area contributed by atoms with Crippen LogP contribution >= 0.6 is 0 Å². The third-order valence-corrected chi connectivity index (χ3v) is 3.52. The Kier molecular flexibility index (Phi) is 3.33. The summed E-state index contributed by atoms with van der Waals surface area (Å²) < 4.78 is 5.19. The Balaban J connectivity index is 1.94. The lowest BCUT2D eigenvalue weighted by Gasteiger charge is -2.23. The summed E-state index contributed by atoms with van der Waals surface area (Å²) in [5, 5.41) is 13.3. The van der Waals surface area contributed by atoms with Crippen LogP contribution in [0.25, 0.3) is 0 Å². The normalized spacial score (nSPS) is 18.2. The predicted octanol–water partition coefficient (Wildman–Crippen LogP) is 2.24. The molecule has 0 bridgehead atoms. The molecule has 0 aromatic carbocycles. The van der Waals surface area contributed by atoms with Crippen LogP contribution in [0.1, 0.15) is 43.1 Å². The van der Waals surface area contributed by atoms with Gasteiger partial charge in [-0.2, -0.15) is 10.2 Å². The molecule has 3 rings (SSSR count). The first-order chi connectivity index (χ1) is 9.83. The summed E-state index contributed by atoms with van der Waals surface area (Å²) in [6, 6.07) is 5.79. The second-order valence-corrected chi connectivity index (χ2v) is 4.74. The van der Waals surface area contributed by atoms with Crippen molar-refractivity contribution in [2.45, 2.75) is 32.2 Å². The fourth-order valence-electron chi connectivity index (χ4n) is 2.55. The van der Waals surface area contributed by atoms with Crippen molar-refractivity contribution >= 4 is 5.82 Å². The molecule has 0 unspecified atom stereocenters. The number of aryl methyl sites for hydroxylation is 1. The second-order valence-electron chi connectivity index (χ2n) is 4.74. The molecule has 0 radical (unpaired) electrons. The van der Waals surface area contributed by atoms with Crippen molar-refractivity contribution in [3.05, 3.63) is 35.6 Å². The van der Waals surface area contributed by atoms with Crippen molar-refractivity contribution in [1.29, 1.82) is 5.26 Å². The third-order valence-electron chi connectivity index (χ3n) is 3.52. The van der Waals surface area contributed by atoms with Crippen LogP contribution in [-0.2, 0) is 6.42 Å². The fourth-order valence-corrected chi connectivity index (χ4v) is 2.55. The molecule has 1 aliphatic rings. The van der Waals surface area contributed by atoms with Gasteiger partial charge in [0.1, 0.15) is 11.9 Å². The van der Waals surface area contributed by atoms with Gasteiger partial charge in [-0.25, -0.2) is 4.98 Å². The van der Waals surface area contributed by atoms with E-state index in [-0.39, 0.29) is 6.04 Å². The SMILES string of the molecule is CCc1nc([C@@H]2CCCN2c2ncccc2C#N)no1. The maximum atomic E-state index is 9.21. The summed E-state index contributed by atoms with van der Waals surface area (Å²) >= 11 is 0. The Labute approximate surface area is 117 Å². The lowest BCUT2D eigenvalue weighted by molar-refractivity contribution is 0.373. The fraction of sp³-hybridized carbons (Fsp3) is 0.429. The number of pyridine rings is 1. The van der Waals surface area contributed by atoms with Crippen molar-refractivity contribution < 1.29 is 4.52 Å². The van der Waals surface area contributed by atoms with Crippen LogP contribution in [0.2, 0.25) is 0 Å². The van der Waals surface area contributed by atoms with E-state index < -0.39 is 0 Å². The molecule has 3 heterocycles. The third kappa shape index (κ3) is 2.11. The van der Waals surface area contributed by atoms with E-state index in [0.717, 1.165) is 25.8 Å². The molecule has 20 heavy (non-hydrogen) atoms. The van der Waals surface area contributed by atoms with Crippen LogP contribution in [0.4, 0.5) is 5.82 Å². The molecule has 1 atom stereocenters. The van der Waals surface area contributed by atoms with Crippen molar-refractivity contribution in [3.8, 4) is 6.07 Å². The van der Waals surface area contributed by atoms with Crippen LogP contribution in [0.15, 0.2) is 22.9 Å². The van der Waals surface area contributed by atoms with Crippen LogP contribution in [-0.4, -0.2) is 21.7 Å². The summed E-state index contributed by atoms with van der Waals surface area (Å²) in [6.45, 7) is 2.84. The van der Waals surface area contributed by atoms with Crippen LogP contribution in [0, 0.1) is 11.3 Å². The molecular formula is C14H15N5O. The molecule has 0 N–H and O–H groups in total. The van der Waals surface area contributed by atoms with Gasteiger partial charge in [0.05, 0.1) is 11.6 Å². The summed E-state index contributed by atoms with van der Waals surface area (Å²) in [4.78, 5) is 10.9. The first-order valence-corrected chi connectivity index (χ1v) is 6.77. The minimum absolute atomic E-state index is 0.0426. The molecule has 2 aromatic heterocycles. The Hall–Kier alpha value is -2.42. The Morgan fingerprint density at radius 2 is 2.45 bits per heavy atom. The van der Waals surface area contributed by atoms with Gasteiger partial charge < -0.3 is 9.42 Å². The molecule has 0 saturated carbocycles. The molecule has 6 nitrogen and oxygen atoms in total. The van der Waals surface area contributed by atoms with Gasteiger partial charge >= 0.3 is 0 Å². The van der Waals surface area contributed by atoms with E-state index >= 15 is 0 Å². The molecule has 1 saturated heterocycles. The van der Waals surface area contributed by atoms with Gasteiger partial charge in [0, 0.05) is 19.2 Å². The number of nitriles is 1. The number of nitrogens with zero attached hydrogens (tertiary/aromatic N) is 5. The Morgan fingerprint density at radius 3 is 3.20 bits per heavy atom. The van der Waals surface area contributed by atoms with Gasteiger partial charge in [-0.15, -0.1) is 0 Å². The van der Waals surface area contributed by atoms with Gasteiger partial charge in [0.15, 0.2) is 5.82 Å². The molecule has 102 valence electrons. The summed E-state index contributed by atoms with van der Waals surface area (Å²) in [5.41, 5.74) is 0.582. The van der Waals surface area contributed by atoms with Crippen molar-refractivity contribution in [2.75, 3.05) is 11.4 Å². The summed E-state index contributed by atoms with van der Waals surface area (Å²) in [5.74, 6) is 2.04. The van der Waals surface area contributed by atoms with Crippen LogP contribution in [0.5, 0.6) is 0 Å².